The molecule has 0 saturated carbocycles. The van der Waals surface area contributed by atoms with E-state index in [-0.39, 0.29) is 0 Å². The van der Waals surface area contributed by atoms with Crippen LogP contribution >= 0.6 is 23.2 Å². The second-order valence-electron chi connectivity index (χ2n) is 5.68. The molecule has 122 valence electrons. The maximum atomic E-state index is 6.06. The molecular formula is C18H24Cl2O2. The number of unbranched alkanes of at least 4 members (excludes halogenated alkanes) is 3. The van der Waals surface area contributed by atoms with Crippen LogP contribution in [0.15, 0.2) is 24.3 Å². The number of halogens is 2. The molecule has 1 heterocycles. The van der Waals surface area contributed by atoms with Gasteiger partial charge in [-0.25, -0.2) is 0 Å². The fourth-order valence-electron chi connectivity index (χ4n) is 2.55. The lowest BCUT2D eigenvalue weighted by Crippen LogP contribution is -2.38. The zero-order chi connectivity index (χ0) is 15.8. The van der Waals surface area contributed by atoms with E-state index in [4.69, 9.17) is 32.7 Å². The number of hydrogen-bond acceptors (Lipinski definition) is 2. The molecule has 0 amide bonds. The molecule has 1 fully saturated rings. The normalized spacial score (nSPS) is 18.0. The Morgan fingerprint density at radius 3 is 2.55 bits per heavy atom. The highest BCUT2D eigenvalue weighted by Gasteiger charge is 2.31. The van der Waals surface area contributed by atoms with E-state index in [9.17, 15) is 0 Å². The van der Waals surface area contributed by atoms with Crippen molar-refractivity contribution in [2.24, 2.45) is 0 Å². The Bertz CT molecular complexity index is 494. The average Bonchev–Trinajstić information content (AvgIpc) is 2.54. The van der Waals surface area contributed by atoms with E-state index in [2.05, 4.69) is 6.92 Å². The van der Waals surface area contributed by atoms with Crippen molar-refractivity contribution in [3.05, 3.63) is 39.9 Å². The van der Waals surface area contributed by atoms with Crippen LogP contribution < -0.4 is 0 Å². The first kappa shape index (κ1) is 17.8. The highest BCUT2D eigenvalue weighted by atomic mass is 35.5. The monoisotopic (exact) mass is 342 g/mol. The smallest absolute Gasteiger partial charge is 0.188 e. The Balaban J connectivity index is 2.04. The molecule has 1 aromatic carbocycles. The summed E-state index contributed by atoms with van der Waals surface area (Å²) in [7, 11) is 0. The van der Waals surface area contributed by atoms with Gasteiger partial charge in [-0.15, -0.1) is 0 Å². The zero-order valence-electron chi connectivity index (χ0n) is 13.1. The molecule has 22 heavy (non-hydrogen) atoms. The van der Waals surface area contributed by atoms with E-state index >= 15 is 0 Å². The molecule has 1 saturated heterocycles. The number of ether oxygens (including phenoxy) is 2. The number of rotatable bonds is 7. The predicted octanol–water partition coefficient (Wildman–Crippen LogP) is 6.11. The first-order valence-corrected chi connectivity index (χ1v) is 8.83. The van der Waals surface area contributed by atoms with Gasteiger partial charge in [-0.05, 0) is 36.6 Å². The van der Waals surface area contributed by atoms with Gasteiger partial charge in [0, 0.05) is 6.42 Å². The van der Waals surface area contributed by atoms with Crippen LogP contribution in [0.3, 0.4) is 0 Å². The fourth-order valence-corrected chi connectivity index (χ4v) is 2.86. The van der Waals surface area contributed by atoms with Crippen molar-refractivity contribution in [3.8, 4) is 0 Å². The molecule has 0 aliphatic carbocycles. The van der Waals surface area contributed by atoms with E-state index in [0.29, 0.717) is 10.0 Å². The van der Waals surface area contributed by atoms with Gasteiger partial charge >= 0.3 is 0 Å². The van der Waals surface area contributed by atoms with Crippen LogP contribution in [-0.2, 0) is 9.47 Å². The predicted molar refractivity (Wildman–Crippen MR) is 93.5 cm³/mol. The van der Waals surface area contributed by atoms with Crippen molar-refractivity contribution in [2.45, 2.75) is 51.2 Å². The van der Waals surface area contributed by atoms with Gasteiger partial charge in [0.1, 0.15) is 0 Å². The lowest BCUT2D eigenvalue weighted by molar-refractivity contribution is -0.239. The van der Waals surface area contributed by atoms with Crippen molar-refractivity contribution in [3.63, 3.8) is 0 Å². The highest BCUT2D eigenvalue weighted by molar-refractivity contribution is 6.42. The van der Waals surface area contributed by atoms with Crippen LogP contribution in [0.2, 0.25) is 10.0 Å². The van der Waals surface area contributed by atoms with Crippen LogP contribution in [0.4, 0.5) is 0 Å². The fraction of sp³-hybridized carbons (Fsp3) is 0.556. The minimum atomic E-state index is -0.585. The Morgan fingerprint density at radius 2 is 1.86 bits per heavy atom. The summed E-state index contributed by atoms with van der Waals surface area (Å²) in [5.41, 5.74) is 1.00. The minimum Gasteiger partial charge on any atom is -0.346 e. The average molecular weight is 343 g/mol. The Labute approximate surface area is 143 Å². The number of hydrogen-bond donors (Lipinski definition) is 0. The van der Waals surface area contributed by atoms with Crippen molar-refractivity contribution < 1.29 is 9.47 Å². The van der Waals surface area contributed by atoms with Gasteiger partial charge in [0.15, 0.2) is 5.79 Å². The largest absolute Gasteiger partial charge is 0.346 e. The summed E-state index contributed by atoms with van der Waals surface area (Å²) in [6, 6.07) is 5.60. The Kier molecular flexibility index (Phi) is 7.23. The zero-order valence-corrected chi connectivity index (χ0v) is 14.6. The molecule has 0 atom stereocenters. The molecule has 0 spiro atoms. The Hall–Kier alpha value is -0.540. The summed E-state index contributed by atoms with van der Waals surface area (Å²) in [6.45, 7) is 3.71. The number of benzene rings is 1. The highest BCUT2D eigenvalue weighted by Crippen LogP contribution is 2.29. The van der Waals surface area contributed by atoms with Gasteiger partial charge in [0.25, 0.3) is 0 Å². The van der Waals surface area contributed by atoms with Gasteiger partial charge in [0.2, 0.25) is 0 Å². The second-order valence-corrected chi connectivity index (χ2v) is 6.49. The molecule has 0 radical (unpaired) electrons. The van der Waals surface area contributed by atoms with E-state index in [1.807, 2.05) is 24.3 Å². The molecule has 1 aromatic rings. The lowest BCUT2D eigenvalue weighted by atomic mass is 10.0. The molecule has 0 unspecified atom stereocenters. The summed E-state index contributed by atoms with van der Waals surface area (Å²) in [4.78, 5) is 0. The van der Waals surface area contributed by atoms with Gasteiger partial charge in [-0.2, -0.15) is 0 Å². The van der Waals surface area contributed by atoms with Crippen LogP contribution in [0, 0.1) is 0 Å². The lowest BCUT2D eigenvalue weighted by Gasteiger charge is -2.35. The van der Waals surface area contributed by atoms with Crippen LogP contribution in [0.1, 0.15) is 51.0 Å². The van der Waals surface area contributed by atoms with Crippen molar-refractivity contribution >= 4 is 29.3 Å². The summed E-state index contributed by atoms with van der Waals surface area (Å²) in [5.74, 6) is -0.585. The molecule has 2 nitrogen and oxygen atoms in total. The van der Waals surface area contributed by atoms with Gasteiger partial charge in [0.05, 0.1) is 23.3 Å². The topological polar surface area (TPSA) is 18.5 Å². The molecule has 1 aliphatic rings. The molecular weight excluding hydrogens is 319 g/mol. The van der Waals surface area contributed by atoms with E-state index in [1.54, 1.807) is 6.07 Å². The maximum Gasteiger partial charge on any atom is 0.188 e. The molecule has 1 aliphatic heterocycles. The molecule has 2 rings (SSSR count). The van der Waals surface area contributed by atoms with Crippen LogP contribution in [0.25, 0.3) is 6.08 Å². The third-order valence-electron chi connectivity index (χ3n) is 3.83. The second kappa shape index (κ2) is 8.93. The van der Waals surface area contributed by atoms with Crippen molar-refractivity contribution in [1.29, 1.82) is 0 Å². The van der Waals surface area contributed by atoms with Gasteiger partial charge in [-0.1, -0.05) is 61.5 Å². The molecule has 0 aromatic heterocycles. The summed E-state index contributed by atoms with van der Waals surface area (Å²) < 4.78 is 11.9. The van der Waals surface area contributed by atoms with E-state index in [1.165, 1.54) is 19.3 Å². The molecule has 0 bridgehead atoms. The first-order valence-electron chi connectivity index (χ1n) is 8.07. The van der Waals surface area contributed by atoms with Crippen molar-refractivity contribution in [1.82, 2.24) is 0 Å². The maximum absolute atomic E-state index is 6.06. The van der Waals surface area contributed by atoms with Gasteiger partial charge in [-0.3, -0.25) is 0 Å². The molecule has 0 N–H and O–H groups in total. The van der Waals surface area contributed by atoms with Crippen molar-refractivity contribution in [2.75, 3.05) is 13.2 Å². The SMILES string of the molecule is CCCCCCC1(/C=C\c2ccc(Cl)c(Cl)c2)OCCCO1. The van der Waals surface area contributed by atoms with Crippen LogP contribution in [-0.4, -0.2) is 19.0 Å². The van der Waals surface area contributed by atoms with E-state index < -0.39 is 5.79 Å². The third-order valence-corrected chi connectivity index (χ3v) is 4.57. The minimum absolute atomic E-state index is 0.561. The first-order chi connectivity index (χ1) is 10.7. The summed E-state index contributed by atoms with van der Waals surface area (Å²) >= 11 is 12.0. The van der Waals surface area contributed by atoms with E-state index in [0.717, 1.165) is 38.0 Å². The van der Waals surface area contributed by atoms with Gasteiger partial charge < -0.3 is 9.47 Å². The quantitative estimate of drug-likeness (QED) is 0.556. The van der Waals surface area contributed by atoms with Crippen LogP contribution in [0.5, 0.6) is 0 Å². The Morgan fingerprint density at radius 1 is 1.09 bits per heavy atom. The molecule has 4 heteroatoms. The standard InChI is InChI=1S/C18H24Cl2O2/c1-2-3-4-5-10-18(21-12-6-13-22-18)11-9-15-7-8-16(19)17(20)14-15/h7-9,11,14H,2-6,10,12-13H2,1H3/b11-9-. The third kappa shape index (κ3) is 5.27. The summed E-state index contributed by atoms with van der Waals surface area (Å²) in [6.07, 6.45) is 10.7. The summed E-state index contributed by atoms with van der Waals surface area (Å²) in [5, 5.41) is 1.13.